The molecule has 0 atom stereocenters. The van der Waals surface area contributed by atoms with E-state index in [1.165, 1.54) is 66.3 Å². The first-order valence-electron chi connectivity index (χ1n) is 18.1. The molecule has 0 amide bonds. The molecule has 0 fully saturated rings. The molecule has 0 spiro atoms. The smallest absolute Gasteiger partial charge is 0.145 e. The first-order chi connectivity index (χ1) is 25.3. The zero-order valence-electron chi connectivity index (χ0n) is 29.6. The molecule has 1 aliphatic carbocycles. The summed E-state index contributed by atoms with van der Waals surface area (Å²) in [4.78, 5) is 5.07. The van der Waals surface area contributed by atoms with Crippen molar-refractivity contribution >= 4 is 32.8 Å². The largest absolute Gasteiger partial charge is 0.301 e. The number of benzene rings is 6. The third kappa shape index (κ3) is 3.79. The van der Waals surface area contributed by atoms with Crippen LogP contribution in [-0.2, 0) is 10.8 Å². The van der Waals surface area contributed by atoms with Crippen LogP contribution in [0, 0.1) is 12.1 Å². The number of hydrogen-bond acceptors (Lipinski definition) is 1. The Morgan fingerprint density at radius 3 is 2.12 bits per heavy atom. The lowest BCUT2D eigenvalue weighted by atomic mass is 9.74. The Morgan fingerprint density at radius 2 is 1.27 bits per heavy atom. The van der Waals surface area contributed by atoms with Gasteiger partial charge in [0.15, 0.2) is 0 Å². The van der Waals surface area contributed by atoms with Crippen molar-refractivity contribution in [2.45, 2.75) is 38.5 Å². The van der Waals surface area contributed by atoms with E-state index < -0.39 is 0 Å². The SMILES string of the molecule is CC1(C)c2ccccc2-c2cc3c4cc(-c5ccc(-n6c(-c7ccccc7)nc7ccccc76)cc5)cc5c4n(c3cc21)-c1c#cccc1C5(C)C. The number of rotatable bonds is 3. The molecule has 0 saturated carbocycles. The highest BCUT2D eigenvalue weighted by atomic mass is 15.1. The second kappa shape index (κ2) is 10.1. The van der Waals surface area contributed by atoms with Crippen LogP contribution in [0.1, 0.15) is 49.9 Å². The first-order valence-corrected chi connectivity index (χ1v) is 18.1. The fourth-order valence-electron chi connectivity index (χ4n) is 9.29. The van der Waals surface area contributed by atoms with E-state index in [0.717, 1.165) is 33.8 Å². The molecule has 3 nitrogen and oxygen atoms in total. The normalized spacial score (nSPS) is 14.7. The molecule has 0 N–H and O–H groups in total. The number of fused-ring (bicyclic) bond motifs is 9. The van der Waals surface area contributed by atoms with E-state index in [-0.39, 0.29) is 10.8 Å². The van der Waals surface area contributed by atoms with Crippen molar-refractivity contribution in [1.82, 2.24) is 14.1 Å². The predicted molar refractivity (Wildman–Crippen MR) is 214 cm³/mol. The molecule has 1 aliphatic heterocycles. The van der Waals surface area contributed by atoms with E-state index in [9.17, 15) is 0 Å². The zero-order valence-corrected chi connectivity index (χ0v) is 29.6. The van der Waals surface area contributed by atoms with Gasteiger partial charge in [0.2, 0.25) is 0 Å². The minimum absolute atomic E-state index is 0.0865. The summed E-state index contributed by atoms with van der Waals surface area (Å²) in [6, 6.07) is 57.7. The van der Waals surface area contributed by atoms with E-state index in [1.807, 2.05) is 6.07 Å². The lowest BCUT2D eigenvalue weighted by Crippen LogP contribution is -2.26. The van der Waals surface area contributed by atoms with Gasteiger partial charge in [-0.2, -0.15) is 0 Å². The Bertz CT molecular complexity index is 2940. The third-order valence-electron chi connectivity index (χ3n) is 12.0. The lowest BCUT2D eigenvalue weighted by molar-refractivity contribution is 0.630. The van der Waals surface area contributed by atoms with Crippen LogP contribution in [-0.4, -0.2) is 14.1 Å². The number of hydrogen-bond donors (Lipinski definition) is 0. The van der Waals surface area contributed by atoms with Gasteiger partial charge in [-0.25, -0.2) is 4.98 Å². The second-order valence-electron chi connectivity index (χ2n) is 15.5. The quantitative estimate of drug-likeness (QED) is 0.184. The van der Waals surface area contributed by atoms with Gasteiger partial charge in [0.25, 0.3) is 0 Å². The summed E-state index contributed by atoms with van der Waals surface area (Å²) in [7, 11) is 0. The van der Waals surface area contributed by atoms with Crippen molar-refractivity contribution in [2.75, 3.05) is 0 Å². The van der Waals surface area contributed by atoms with Crippen LogP contribution in [0.5, 0.6) is 0 Å². The summed E-state index contributed by atoms with van der Waals surface area (Å²) >= 11 is 0. The lowest BCUT2D eigenvalue weighted by Gasteiger charge is -2.34. The molecule has 0 radical (unpaired) electrons. The van der Waals surface area contributed by atoms with Crippen LogP contribution in [0.15, 0.2) is 140 Å². The minimum atomic E-state index is -0.228. The summed E-state index contributed by atoms with van der Waals surface area (Å²) < 4.78 is 4.75. The Balaban J connectivity index is 1.15. The van der Waals surface area contributed by atoms with E-state index >= 15 is 0 Å². The molecule has 52 heavy (non-hydrogen) atoms. The predicted octanol–water partition coefficient (Wildman–Crippen LogP) is 12.0. The molecule has 246 valence electrons. The van der Waals surface area contributed by atoms with Gasteiger partial charge in [0, 0.05) is 32.9 Å². The Hall–Kier alpha value is -6.37. The second-order valence-corrected chi connectivity index (χ2v) is 15.5. The molecule has 0 unspecified atom stereocenters. The summed E-state index contributed by atoms with van der Waals surface area (Å²) in [5, 5.41) is 2.55. The maximum absolute atomic E-state index is 5.07. The third-order valence-corrected chi connectivity index (χ3v) is 12.0. The van der Waals surface area contributed by atoms with Gasteiger partial charge in [0.05, 0.1) is 22.1 Å². The molecule has 9 aromatic rings. The molecular formula is C49H35N3. The average molecular weight is 666 g/mol. The molecule has 3 heterocycles. The molecule has 2 aromatic heterocycles. The van der Waals surface area contributed by atoms with Crippen molar-refractivity contribution in [1.29, 1.82) is 0 Å². The molecule has 0 saturated heterocycles. The number of imidazole rings is 1. The van der Waals surface area contributed by atoms with Crippen molar-refractivity contribution in [2.24, 2.45) is 0 Å². The highest BCUT2D eigenvalue weighted by Gasteiger charge is 2.39. The summed E-state index contributed by atoms with van der Waals surface area (Å²) in [5.41, 5.74) is 18.0. The monoisotopic (exact) mass is 665 g/mol. The molecule has 3 heteroatoms. The Labute approximate surface area is 303 Å². The van der Waals surface area contributed by atoms with Crippen LogP contribution < -0.4 is 0 Å². The van der Waals surface area contributed by atoms with Gasteiger partial charge >= 0.3 is 0 Å². The highest BCUT2D eigenvalue weighted by molar-refractivity contribution is 6.14. The van der Waals surface area contributed by atoms with Crippen molar-refractivity contribution < 1.29 is 0 Å². The van der Waals surface area contributed by atoms with Gasteiger partial charge < -0.3 is 4.57 Å². The van der Waals surface area contributed by atoms with E-state index in [0.29, 0.717) is 0 Å². The zero-order chi connectivity index (χ0) is 34.9. The van der Waals surface area contributed by atoms with Crippen LogP contribution >= 0.6 is 0 Å². The fourth-order valence-corrected chi connectivity index (χ4v) is 9.29. The Morgan fingerprint density at radius 1 is 0.519 bits per heavy atom. The van der Waals surface area contributed by atoms with E-state index in [1.54, 1.807) is 0 Å². The number of para-hydroxylation sites is 2. The van der Waals surface area contributed by atoms with Gasteiger partial charge in [0.1, 0.15) is 11.5 Å². The van der Waals surface area contributed by atoms with Crippen LogP contribution in [0.4, 0.5) is 0 Å². The van der Waals surface area contributed by atoms with Crippen LogP contribution in [0.3, 0.4) is 0 Å². The maximum Gasteiger partial charge on any atom is 0.145 e. The summed E-state index contributed by atoms with van der Waals surface area (Å²) in [5.74, 6) is 0.944. The van der Waals surface area contributed by atoms with Gasteiger partial charge in [-0.15, -0.1) is 0 Å². The number of nitrogens with zero attached hydrogens (tertiary/aromatic N) is 3. The van der Waals surface area contributed by atoms with Crippen molar-refractivity contribution in [3.8, 4) is 45.0 Å². The van der Waals surface area contributed by atoms with Crippen molar-refractivity contribution in [3.05, 3.63) is 174 Å². The van der Waals surface area contributed by atoms with Gasteiger partial charge in [-0.1, -0.05) is 113 Å². The fraction of sp³-hybridized carbons (Fsp3) is 0.122. The minimum Gasteiger partial charge on any atom is -0.301 e. The van der Waals surface area contributed by atoms with Crippen molar-refractivity contribution in [3.63, 3.8) is 0 Å². The maximum atomic E-state index is 5.07. The Kier molecular flexibility index (Phi) is 5.71. The topological polar surface area (TPSA) is 22.8 Å². The number of aromatic nitrogens is 3. The van der Waals surface area contributed by atoms with Crippen LogP contribution in [0.25, 0.3) is 77.9 Å². The summed E-state index contributed by atoms with van der Waals surface area (Å²) in [6.07, 6.45) is 0. The average Bonchev–Trinajstić information content (AvgIpc) is 3.80. The van der Waals surface area contributed by atoms with Gasteiger partial charge in [-0.05, 0) is 111 Å². The molecular weight excluding hydrogens is 631 g/mol. The van der Waals surface area contributed by atoms with Crippen LogP contribution in [0.2, 0.25) is 0 Å². The van der Waals surface area contributed by atoms with E-state index in [2.05, 4.69) is 182 Å². The summed E-state index contributed by atoms with van der Waals surface area (Å²) in [6.45, 7) is 9.44. The standard InChI is InChI=1S/C49H35N3/c1-48(2)38-17-9-8-16-34(38)35-28-36-37-26-32(27-41-46(37)52(45(36)29-40(35)48)43-20-12-10-18-39(43)49(41,3)4)30-22-24-33(25-23-30)51-44-21-13-11-19-42(44)50-47(51)31-14-6-5-7-15-31/h5-11,13-19,21-29H,1-4H3. The van der Waals surface area contributed by atoms with E-state index in [4.69, 9.17) is 4.98 Å². The first kappa shape index (κ1) is 29.4. The molecule has 11 rings (SSSR count). The van der Waals surface area contributed by atoms with Gasteiger partial charge in [-0.3, -0.25) is 4.57 Å². The molecule has 0 bridgehead atoms. The highest BCUT2D eigenvalue weighted by Crippen LogP contribution is 2.53. The molecule has 2 aliphatic rings. The molecule has 7 aromatic carbocycles.